The van der Waals surface area contributed by atoms with E-state index in [1.54, 1.807) is 0 Å². The summed E-state index contributed by atoms with van der Waals surface area (Å²) in [5, 5.41) is 27.3. The molecule has 9 saturated heterocycles. The first-order valence-corrected chi connectivity index (χ1v) is 13.3. The van der Waals surface area contributed by atoms with Crippen LogP contribution in [0.2, 0.25) is 0 Å². The second-order valence-corrected chi connectivity index (χ2v) is 10.9. The zero-order valence-corrected chi connectivity index (χ0v) is 20.6. The van der Waals surface area contributed by atoms with Gasteiger partial charge in [-0.25, -0.2) is 0 Å². The molecule has 0 amide bonds. The maximum atomic E-state index is 9.39. The van der Waals surface area contributed by atoms with Crippen molar-refractivity contribution in [2.75, 3.05) is 131 Å². The van der Waals surface area contributed by atoms with Gasteiger partial charge in [0.05, 0.1) is 6.10 Å². The molecule has 0 aliphatic carbocycles. The summed E-state index contributed by atoms with van der Waals surface area (Å²) in [6.07, 6.45) is 0.873. The highest BCUT2D eigenvalue weighted by Crippen LogP contribution is 2.16. The van der Waals surface area contributed by atoms with Crippen molar-refractivity contribution in [3.8, 4) is 0 Å². The number of rotatable bonds is 3. The van der Waals surface area contributed by atoms with Gasteiger partial charge in [-0.05, 0) is 12.3 Å². The van der Waals surface area contributed by atoms with Gasteiger partial charge in [-0.3, -0.25) is 9.80 Å². The van der Waals surface area contributed by atoms with Crippen molar-refractivity contribution in [1.82, 2.24) is 29.4 Å². The lowest BCUT2D eigenvalue weighted by molar-refractivity contribution is 0.136. The van der Waals surface area contributed by atoms with Crippen LogP contribution in [0, 0.1) is 11.8 Å². The molecule has 0 saturated carbocycles. The number of nitrogens with zero attached hydrogens (tertiary/aromatic N) is 6. The van der Waals surface area contributed by atoms with Crippen LogP contribution in [0.25, 0.3) is 0 Å². The second kappa shape index (κ2) is 13.1. The van der Waals surface area contributed by atoms with E-state index in [9.17, 15) is 5.11 Å². The van der Waals surface area contributed by atoms with Crippen molar-refractivity contribution < 1.29 is 15.3 Å². The fraction of sp³-hybridized carbons (Fsp3) is 1.00. The van der Waals surface area contributed by atoms with Crippen LogP contribution < -0.4 is 0 Å². The van der Waals surface area contributed by atoms with Crippen LogP contribution in [0.3, 0.4) is 0 Å². The van der Waals surface area contributed by atoms with E-state index in [4.69, 9.17) is 10.2 Å². The Balaban J connectivity index is 0.000000118. The Morgan fingerprint density at radius 3 is 1.06 bits per heavy atom. The van der Waals surface area contributed by atoms with E-state index in [1.165, 1.54) is 65.4 Å². The predicted octanol–water partition coefficient (Wildman–Crippen LogP) is -2.18. The van der Waals surface area contributed by atoms with Gasteiger partial charge in [0.2, 0.25) is 0 Å². The monoisotopic (exact) mass is 468 g/mol. The molecule has 0 aromatic heterocycles. The highest BCUT2D eigenvalue weighted by Gasteiger charge is 2.28. The molecule has 0 spiro atoms. The minimum atomic E-state index is -0.106. The molecule has 9 aliphatic rings. The number of fused-ring (bicyclic) bond motifs is 12. The lowest BCUT2D eigenvalue weighted by Gasteiger charge is -2.28. The van der Waals surface area contributed by atoms with Crippen molar-refractivity contribution in [2.45, 2.75) is 12.5 Å². The Kier molecular flexibility index (Phi) is 10.2. The molecule has 9 fully saturated rings. The maximum Gasteiger partial charge on any atom is 0.0793 e. The summed E-state index contributed by atoms with van der Waals surface area (Å²) in [7, 11) is 0. The van der Waals surface area contributed by atoms with Gasteiger partial charge in [-0.15, -0.1) is 0 Å². The Labute approximate surface area is 200 Å². The van der Waals surface area contributed by atoms with Gasteiger partial charge in [-0.2, -0.15) is 0 Å². The quantitative estimate of drug-likeness (QED) is 0.428. The number of piperazine rings is 3. The second-order valence-electron chi connectivity index (χ2n) is 10.9. The van der Waals surface area contributed by atoms with E-state index < -0.39 is 0 Å². The van der Waals surface area contributed by atoms with Crippen molar-refractivity contribution in [3.63, 3.8) is 0 Å². The van der Waals surface area contributed by atoms with E-state index >= 15 is 0 Å². The zero-order valence-electron chi connectivity index (χ0n) is 20.6. The largest absolute Gasteiger partial charge is 0.396 e. The average molecular weight is 469 g/mol. The van der Waals surface area contributed by atoms with Gasteiger partial charge >= 0.3 is 0 Å². The third-order valence-corrected chi connectivity index (χ3v) is 8.19. The summed E-state index contributed by atoms with van der Waals surface area (Å²) < 4.78 is 0. The number of hydrogen-bond donors (Lipinski definition) is 3. The summed E-state index contributed by atoms with van der Waals surface area (Å²) in [6.45, 7) is 21.5. The van der Waals surface area contributed by atoms with Crippen LogP contribution in [0.4, 0.5) is 0 Å². The van der Waals surface area contributed by atoms with Gasteiger partial charge in [-0.1, -0.05) is 0 Å². The average Bonchev–Trinajstić information content (AvgIpc) is 3.41. The first-order valence-electron chi connectivity index (χ1n) is 13.3. The molecule has 6 bridgehead atoms. The van der Waals surface area contributed by atoms with Crippen LogP contribution >= 0.6 is 0 Å². The minimum Gasteiger partial charge on any atom is -0.396 e. The zero-order chi connectivity index (χ0) is 23.0. The van der Waals surface area contributed by atoms with Crippen molar-refractivity contribution in [1.29, 1.82) is 0 Å². The normalized spacial score (nSPS) is 43.9. The highest BCUT2D eigenvalue weighted by molar-refractivity contribution is 4.83. The number of aliphatic hydroxyl groups excluding tert-OH is 3. The van der Waals surface area contributed by atoms with Crippen LogP contribution in [-0.2, 0) is 0 Å². The van der Waals surface area contributed by atoms with E-state index in [2.05, 4.69) is 29.4 Å². The lowest BCUT2D eigenvalue weighted by atomic mass is 10.1. The van der Waals surface area contributed by atoms with Gasteiger partial charge in [0.15, 0.2) is 0 Å². The molecule has 9 rings (SSSR count). The Hall–Kier alpha value is -0.360. The van der Waals surface area contributed by atoms with E-state index in [1.807, 2.05) is 0 Å². The van der Waals surface area contributed by atoms with E-state index in [-0.39, 0.29) is 6.10 Å². The van der Waals surface area contributed by atoms with E-state index in [0.29, 0.717) is 25.0 Å². The molecule has 9 aliphatic heterocycles. The predicted molar refractivity (Wildman–Crippen MR) is 130 cm³/mol. The van der Waals surface area contributed by atoms with Crippen molar-refractivity contribution in [2.24, 2.45) is 11.8 Å². The highest BCUT2D eigenvalue weighted by atomic mass is 16.3. The third-order valence-electron chi connectivity index (χ3n) is 8.19. The summed E-state index contributed by atoms with van der Waals surface area (Å²) in [5.74, 6) is 1.21. The minimum absolute atomic E-state index is 0.106. The van der Waals surface area contributed by atoms with Crippen LogP contribution in [0.15, 0.2) is 0 Å². The van der Waals surface area contributed by atoms with Gasteiger partial charge < -0.3 is 34.9 Å². The fourth-order valence-electron chi connectivity index (χ4n) is 6.17. The summed E-state index contributed by atoms with van der Waals surface area (Å²) in [6, 6.07) is 0. The molecule has 3 N–H and O–H groups in total. The molecule has 0 radical (unpaired) electrons. The van der Waals surface area contributed by atoms with Gasteiger partial charge in [0, 0.05) is 137 Å². The topological polar surface area (TPSA) is 80.1 Å². The van der Waals surface area contributed by atoms with Gasteiger partial charge in [0.1, 0.15) is 0 Å². The van der Waals surface area contributed by atoms with Crippen molar-refractivity contribution >= 4 is 0 Å². The summed E-state index contributed by atoms with van der Waals surface area (Å²) >= 11 is 0. The molecule has 0 aromatic carbocycles. The van der Waals surface area contributed by atoms with Crippen molar-refractivity contribution in [3.05, 3.63) is 0 Å². The molecule has 33 heavy (non-hydrogen) atoms. The smallest absolute Gasteiger partial charge is 0.0793 e. The fourth-order valence-corrected chi connectivity index (χ4v) is 6.17. The first kappa shape index (κ1) is 25.7. The number of hydrogen-bond acceptors (Lipinski definition) is 9. The molecule has 0 atom stereocenters. The molecule has 192 valence electrons. The summed E-state index contributed by atoms with van der Waals surface area (Å²) in [4.78, 5) is 14.7. The SMILES string of the molecule is OC1CN2CCN(CC2)C1.OCC1CN2CCN(CC2)C1.OCCC1CN2CCN(CC2)C1. The molecule has 9 heteroatoms. The molecule has 0 unspecified atom stereocenters. The number of aliphatic hydroxyl groups is 3. The van der Waals surface area contributed by atoms with Crippen LogP contribution in [0.5, 0.6) is 0 Å². The first-order chi connectivity index (χ1) is 16.1. The molecular weight excluding hydrogens is 420 g/mol. The molecule has 9 nitrogen and oxygen atoms in total. The summed E-state index contributed by atoms with van der Waals surface area (Å²) in [5.41, 5.74) is 0. The Bertz CT molecular complexity index is 506. The van der Waals surface area contributed by atoms with Crippen LogP contribution in [-0.4, -0.2) is 182 Å². The Morgan fingerprint density at radius 2 is 0.758 bits per heavy atom. The standard InChI is InChI=1S/C9H18N2O.C8H16N2O.C7H14N2O/c12-6-1-9-7-10-2-3-11(8-9)5-4-10;11-7-8-5-9-1-2-10(6-8)4-3-9;10-7-5-8-1-2-9(6-7)4-3-8/h9,12H,1-8H2;8,11H,1-7H2;7,10H,1-6H2. The maximum absolute atomic E-state index is 9.39. The van der Waals surface area contributed by atoms with E-state index in [0.717, 1.165) is 58.8 Å². The Morgan fingerprint density at radius 1 is 0.455 bits per heavy atom. The molecule has 0 aromatic rings. The van der Waals surface area contributed by atoms with Gasteiger partial charge in [0.25, 0.3) is 0 Å². The lowest BCUT2D eigenvalue weighted by Crippen LogP contribution is -2.42. The van der Waals surface area contributed by atoms with Crippen LogP contribution in [0.1, 0.15) is 6.42 Å². The third kappa shape index (κ3) is 8.08. The molecular formula is C24H48N6O3. The molecule has 9 heterocycles.